The predicted molar refractivity (Wildman–Crippen MR) is 129 cm³/mol. The van der Waals surface area contributed by atoms with Crippen molar-refractivity contribution in [1.29, 1.82) is 0 Å². The Bertz CT molecular complexity index is 977. The van der Waals surface area contributed by atoms with Crippen LogP contribution in [0.1, 0.15) is 42.2 Å². The highest BCUT2D eigenvalue weighted by Gasteiger charge is 2.26. The molecular formula is C23H31Cl2N3O2S. The van der Waals surface area contributed by atoms with Crippen LogP contribution in [0.15, 0.2) is 47.4 Å². The summed E-state index contributed by atoms with van der Waals surface area (Å²) < 4.78 is 27.3. The van der Waals surface area contributed by atoms with Crippen LogP contribution in [0.25, 0.3) is 0 Å². The van der Waals surface area contributed by atoms with E-state index in [4.69, 9.17) is 23.2 Å². The molecule has 0 aliphatic carbocycles. The Morgan fingerprint density at radius 2 is 1.77 bits per heavy atom. The van der Waals surface area contributed by atoms with Gasteiger partial charge < -0.3 is 10.2 Å². The van der Waals surface area contributed by atoms with E-state index < -0.39 is 10.0 Å². The lowest BCUT2D eigenvalue weighted by molar-refractivity contribution is 0.204. The van der Waals surface area contributed by atoms with Gasteiger partial charge in [0, 0.05) is 6.54 Å². The second-order valence-corrected chi connectivity index (χ2v) is 10.7. The number of nitrogens with zero attached hydrogens (tertiary/aromatic N) is 1. The Labute approximate surface area is 196 Å². The van der Waals surface area contributed by atoms with Crippen LogP contribution in [0.3, 0.4) is 0 Å². The number of rotatable bonds is 9. The summed E-state index contributed by atoms with van der Waals surface area (Å²) >= 11 is 12.3. The molecule has 2 aromatic carbocycles. The van der Waals surface area contributed by atoms with Gasteiger partial charge in [-0.25, -0.2) is 13.1 Å². The largest absolute Gasteiger partial charge is 0.319 e. The van der Waals surface area contributed by atoms with E-state index in [1.807, 2.05) is 31.3 Å². The summed E-state index contributed by atoms with van der Waals surface area (Å²) in [5.74, 6) is 0.623. The first-order chi connectivity index (χ1) is 14.9. The zero-order valence-electron chi connectivity index (χ0n) is 18.1. The molecule has 0 amide bonds. The van der Waals surface area contributed by atoms with E-state index in [-0.39, 0.29) is 5.92 Å². The van der Waals surface area contributed by atoms with Gasteiger partial charge in [-0.15, -0.1) is 0 Å². The third-order valence-electron chi connectivity index (χ3n) is 6.16. The summed E-state index contributed by atoms with van der Waals surface area (Å²) in [5, 5.41) is 4.46. The molecule has 0 aromatic heterocycles. The van der Waals surface area contributed by atoms with Gasteiger partial charge in [-0.05, 0) is 94.2 Å². The van der Waals surface area contributed by atoms with Crippen LogP contribution in [0, 0.1) is 0 Å². The minimum absolute atomic E-state index is 0.263. The van der Waals surface area contributed by atoms with Crippen LogP contribution in [0.4, 0.5) is 0 Å². The molecule has 2 aromatic rings. The van der Waals surface area contributed by atoms with Crippen molar-refractivity contribution < 1.29 is 8.42 Å². The predicted octanol–water partition coefficient (Wildman–Crippen LogP) is 4.47. The Morgan fingerprint density at radius 3 is 2.42 bits per heavy atom. The normalized spacial score (nSPS) is 17.0. The molecule has 170 valence electrons. The van der Waals surface area contributed by atoms with E-state index in [2.05, 4.69) is 21.0 Å². The first kappa shape index (κ1) is 24.5. The maximum absolute atomic E-state index is 12.4. The van der Waals surface area contributed by atoms with Gasteiger partial charge in [0.2, 0.25) is 10.0 Å². The van der Waals surface area contributed by atoms with Crippen LogP contribution in [-0.2, 0) is 10.0 Å². The molecule has 0 bridgehead atoms. The monoisotopic (exact) mass is 483 g/mol. The van der Waals surface area contributed by atoms with Crippen LogP contribution in [-0.4, -0.2) is 53.6 Å². The van der Waals surface area contributed by atoms with Crippen molar-refractivity contribution in [3.8, 4) is 0 Å². The fourth-order valence-electron chi connectivity index (χ4n) is 4.38. The summed E-state index contributed by atoms with van der Waals surface area (Å²) in [5.41, 5.74) is 2.13. The topological polar surface area (TPSA) is 61.4 Å². The van der Waals surface area contributed by atoms with E-state index >= 15 is 0 Å². The lowest BCUT2D eigenvalue weighted by atomic mass is 9.89. The van der Waals surface area contributed by atoms with Crippen LogP contribution in [0.2, 0.25) is 10.0 Å². The highest BCUT2D eigenvalue weighted by molar-refractivity contribution is 7.89. The SMILES string of the molecule is CNC[C@@H](CCN1CCC(c2ccccc2S(=O)(=O)NC)CC1)c1ccc(Cl)c(Cl)c1. The lowest BCUT2D eigenvalue weighted by Gasteiger charge is -2.33. The molecule has 1 fully saturated rings. The number of hydrogen-bond donors (Lipinski definition) is 2. The summed E-state index contributed by atoms with van der Waals surface area (Å²) in [4.78, 5) is 2.89. The molecule has 5 nitrogen and oxygen atoms in total. The molecule has 31 heavy (non-hydrogen) atoms. The van der Waals surface area contributed by atoms with Gasteiger partial charge in [0.05, 0.1) is 14.9 Å². The molecule has 1 heterocycles. The molecule has 3 rings (SSSR count). The summed E-state index contributed by atoms with van der Waals surface area (Å²) in [6.45, 7) is 3.80. The fraction of sp³-hybridized carbons (Fsp3) is 0.478. The van der Waals surface area contributed by atoms with Gasteiger partial charge in [0.25, 0.3) is 0 Å². The van der Waals surface area contributed by atoms with Crippen molar-refractivity contribution >= 4 is 33.2 Å². The maximum atomic E-state index is 12.4. The number of likely N-dealkylation sites (tertiary alicyclic amines) is 1. The molecule has 8 heteroatoms. The Morgan fingerprint density at radius 1 is 1.06 bits per heavy atom. The Balaban J connectivity index is 1.61. The van der Waals surface area contributed by atoms with Crippen molar-refractivity contribution in [2.75, 3.05) is 40.3 Å². The van der Waals surface area contributed by atoms with E-state index in [1.165, 1.54) is 12.6 Å². The molecule has 0 unspecified atom stereocenters. The molecule has 0 saturated carbocycles. The zero-order chi connectivity index (χ0) is 22.4. The number of sulfonamides is 1. The summed E-state index contributed by atoms with van der Waals surface area (Å²) in [6.07, 6.45) is 2.94. The second-order valence-electron chi connectivity index (χ2n) is 8.08. The highest BCUT2D eigenvalue weighted by Crippen LogP contribution is 2.33. The molecular weight excluding hydrogens is 453 g/mol. The van der Waals surface area contributed by atoms with Gasteiger partial charge in [-0.2, -0.15) is 0 Å². The molecule has 0 spiro atoms. The van der Waals surface area contributed by atoms with Gasteiger partial charge in [0.15, 0.2) is 0 Å². The summed E-state index contributed by atoms with van der Waals surface area (Å²) in [6, 6.07) is 13.3. The number of nitrogens with one attached hydrogen (secondary N) is 2. The fourth-order valence-corrected chi connectivity index (χ4v) is 5.71. The number of benzene rings is 2. The minimum atomic E-state index is -3.45. The smallest absolute Gasteiger partial charge is 0.240 e. The van der Waals surface area contributed by atoms with Gasteiger partial charge in [0.1, 0.15) is 0 Å². The summed E-state index contributed by atoms with van der Waals surface area (Å²) in [7, 11) is -0.0201. The average molecular weight is 484 g/mol. The molecule has 1 aliphatic heterocycles. The van der Waals surface area contributed by atoms with E-state index in [0.717, 1.165) is 51.0 Å². The van der Waals surface area contributed by atoms with Crippen LogP contribution in [0.5, 0.6) is 0 Å². The van der Waals surface area contributed by atoms with E-state index in [9.17, 15) is 8.42 Å². The number of likely N-dealkylation sites (N-methyl/N-ethyl adjacent to an activating group) is 1. The number of halogens is 2. The number of piperidine rings is 1. The van der Waals surface area contributed by atoms with Gasteiger partial charge in [-0.3, -0.25) is 0 Å². The first-order valence-electron chi connectivity index (χ1n) is 10.7. The van der Waals surface area contributed by atoms with Crippen molar-refractivity contribution in [2.45, 2.75) is 36.0 Å². The molecule has 1 saturated heterocycles. The van der Waals surface area contributed by atoms with Crippen molar-refractivity contribution in [3.05, 3.63) is 63.6 Å². The molecule has 1 atom stereocenters. The standard InChI is InChI=1S/C23H31Cl2N3O2S/c1-26-16-19(18-7-8-21(24)22(25)15-18)11-14-28-12-9-17(10-13-28)20-5-3-4-6-23(20)31(29,30)27-2/h3-8,15,17,19,26-27H,9-14,16H2,1-2H3/t19-/m1/s1. The van der Waals surface area contributed by atoms with Crippen LogP contribution < -0.4 is 10.0 Å². The first-order valence-corrected chi connectivity index (χ1v) is 12.9. The highest BCUT2D eigenvalue weighted by atomic mass is 35.5. The van der Waals surface area contributed by atoms with E-state index in [1.54, 1.807) is 12.1 Å². The second kappa shape index (κ2) is 11.1. The molecule has 0 radical (unpaired) electrons. The van der Waals surface area contributed by atoms with Gasteiger partial charge in [-0.1, -0.05) is 47.5 Å². The Hall–Kier alpha value is -1.15. The Kier molecular flexibility index (Phi) is 8.79. The van der Waals surface area contributed by atoms with Crippen molar-refractivity contribution in [1.82, 2.24) is 14.9 Å². The van der Waals surface area contributed by atoms with E-state index in [0.29, 0.717) is 20.9 Å². The number of hydrogen-bond acceptors (Lipinski definition) is 4. The quantitative estimate of drug-likeness (QED) is 0.551. The average Bonchev–Trinajstić information content (AvgIpc) is 2.79. The zero-order valence-corrected chi connectivity index (χ0v) is 20.4. The molecule has 1 aliphatic rings. The van der Waals surface area contributed by atoms with Crippen LogP contribution >= 0.6 is 23.2 Å². The maximum Gasteiger partial charge on any atom is 0.240 e. The minimum Gasteiger partial charge on any atom is -0.319 e. The van der Waals surface area contributed by atoms with Gasteiger partial charge >= 0.3 is 0 Å². The lowest BCUT2D eigenvalue weighted by Crippen LogP contribution is -2.35. The third kappa shape index (κ3) is 6.21. The van der Waals surface area contributed by atoms with Crippen molar-refractivity contribution in [2.24, 2.45) is 0 Å². The third-order valence-corrected chi connectivity index (χ3v) is 8.39. The molecule has 2 N–H and O–H groups in total. The van der Waals surface area contributed by atoms with Crippen molar-refractivity contribution in [3.63, 3.8) is 0 Å².